The highest BCUT2D eigenvalue weighted by Gasteiger charge is 2.11. The van der Waals surface area contributed by atoms with E-state index in [1.165, 1.54) is 6.26 Å². The Hall–Kier alpha value is -2.23. The highest BCUT2D eigenvalue weighted by Crippen LogP contribution is 2.11. The Morgan fingerprint density at radius 1 is 1.35 bits per heavy atom. The van der Waals surface area contributed by atoms with Crippen LogP contribution in [0.25, 0.3) is 0 Å². The Morgan fingerprint density at radius 2 is 2.12 bits per heavy atom. The molecule has 1 aromatic carbocycles. The lowest BCUT2D eigenvalue weighted by Crippen LogP contribution is -2.08. The molecule has 0 fully saturated rings. The highest BCUT2D eigenvalue weighted by molar-refractivity contribution is 5.93. The van der Waals surface area contributed by atoms with Crippen molar-refractivity contribution in [3.05, 3.63) is 53.9 Å². The quantitative estimate of drug-likeness (QED) is 0.633. The van der Waals surface area contributed by atoms with Crippen molar-refractivity contribution in [1.29, 1.82) is 0 Å². The van der Waals surface area contributed by atoms with Crippen LogP contribution in [0.15, 0.2) is 48.4 Å². The molecule has 0 aromatic heterocycles. The lowest BCUT2D eigenvalue weighted by atomic mass is 10.2. The zero-order valence-corrected chi connectivity index (χ0v) is 9.47. The second-order valence-electron chi connectivity index (χ2n) is 3.54. The normalized spacial score (nSPS) is 16.1. The SMILES string of the molecule is COc1ccc(CNC=C2C=COC2=O)cc1. The Labute approximate surface area is 99.5 Å². The Balaban J connectivity index is 1.89. The summed E-state index contributed by atoms with van der Waals surface area (Å²) in [4.78, 5) is 11.1. The maximum Gasteiger partial charge on any atom is 0.344 e. The number of esters is 1. The number of cyclic esters (lactones) is 1. The number of carbonyl (C=O) groups excluding carboxylic acids is 1. The first-order valence-corrected chi connectivity index (χ1v) is 5.23. The number of rotatable bonds is 4. The molecule has 4 heteroatoms. The van der Waals surface area contributed by atoms with Crippen LogP contribution in [0.2, 0.25) is 0 Å². The topological polar surface area (TPSA) is 47.6 Å². The molecule has 0 spiro atoms. The number of methoxy groups -OCH3 is 1. The van der Waals surface area contributed by atoms with E-state index >= 15 is 0 Å². The van der Waals surface area contributed by atoms with Crippen LogP contribution in [-0.4, -0.2) is 13.1 Å². The van der Waals surface area contributed by atoms with Gasteiger partial charge >= 0.3 is 5.97 Å². The van der Waals surface area contributed by atoms with Gasteiger partial charge in [0.1, 0.15) is 5.75 Å². The smallest absolute Gasteiger partial charge is 0.344 e. The maximum absolute atomic E-state index is 11.1. The minimum atomic E-state index is -0.327. The largest absolute Gasteiger partial charge is 0.497 e. The average Bonchev–Trinajstić information content (AvgIpc) is 2.76. The Morgan fingerprint density at radius 3 is 2.71 bits per heavy atom. The standard InChI is InChI=1S/C13H13NO3/c1-16-12-4-2-10(3-5-12)8-14-9-11-6-7-17-13(11)15/h2-7,9,14H,8H2,1H3. The lowest BCUT2D eigenvalue weighted by molar-refractivity contribution is -0.132. The van der Waals surface area contributed by atoms with Crippen molar-refractivity contribution >= 4 is 5.97 Å². The Kier molecular flexibility index (Phi) is 3.45. The van der Waals surface area contributed by atoms with Gasteiger partial charge in [0.15, 0.2) is 0 Å². The van der Waals surface area contributed by atoms with Gasteiger partial charge in [0, 0.05) is 12.7 Å². The van der Waals surface area contributed by atoms with Crippen molar-refractivity contribution < 1.29 is 14.3 Å². The molecular weight excluding hydrogens is 218 g/mol. The van der Waals surface area contributed by atoms with Crippen LogP contribution < -0.4 is 10.1 Å². The summed E-state index contributed by atoms with van der Waals surface area (Å²) >= 11 is 0. The fourth-order valence-electron chi connectivity index (χ4n) is 1.43. The molecule has 1 heterocycles. The van der Waals surface area contributed by atoms with E-state index in [-0.39, 0.29) is 5.97 Å². The summed E-state index contributed by atoms with van der Waals surface area (Å²) < 4.78 is 9.72. The van der Waals surface area contributed by atoms with Gasteiger partial charge in [-0.1, -0.05) is 12.1 Å². The average molecular weight is 231 g/mol. The van der Waals surface area contributed by atoms with Gasteiger partial charge < -0.3 is 14.8 Å². The zero-order chi connectivity index (χ0) is 12.1. The first-order chi connectivity index (χ1) is 8.29. The molecule has 0 saturated carbocycles. The number of hydrogen-bond donors (Lipinski definition) is 1. The third-order valence-corrected chi connectivity index (χ3v) is 2.38. The van der Waals surface area contributed by atoms with Crippen LogP contribution in [0, 0.1) is 0 Å². The first-order valence-electron chi connectivity index (χ1n) is 5.23. The van der Waals surface area contributed by atoms with E-state index in [1.807, 2.05) is 24.3 Å². The molecule has 0 aliphatic carbocycles. The minimum Gasteiger partial charge on any atom is -0.497 e. The molecule has 0 radical (unpaired) electrons. The van der Waals surface area contributed by atoms with Gasteiger partial charge in [-0.25, -0.2) is 4.79 Å². The van der Waals surface area contributed by atoms with Crippen molar-refractivity contribution in [3.8, 4) is 5.75 Å². The molecule has 1 aromatic rings. The summed E-state index contributed by atoms with van der Waals surface area (Å²) in [6, 6.07) is 7.72. The monoisotopic (exact) mass is 231 g/mol. The lowest BCUT2D eigenvalue weighted by Gasteiger charge is -2.03. The van der Waals surface area contributed by atoms with Gasteiger partial charge in [-0.3, -0.25) is 0 Å². The van der Waals surface area contributed by atoms with E-state index in [0.29, 0.717) is 12.1 Å². The predicted octanol–water partition coefficient (Wildman–Crippen LogP) is 1.74. The zero-order valence-electron chi connectivity index (χ0n) is 9.47. The van der Waals surface area contributed by atoms with Crippen LogP contribution in [0.3, 0.4) is 0 Å². The van der Waals surface area contributed by atoms with Crippen molar-refractivity contribution in [2.24, 2.45) is 0 Å². The van der Waals surface area contributed by atoms with Crippen molar-refractivity contribution in [2.75, 3.05) is 7.11 Å². The van der Waals surface area contributed by atoms with Gasteiger partial charge in [-0.2, -0.15) is 0 Å². The molecule has 0 atom stereocenters. The molecule has 0 bridgehead atoms. The molecule has 4 nitrogen and oxygen atoms in total. The Bertz CT molecular complexity index is 460. The summed E-state index contributed by atoms with van der Waals surface area (Å²) in [5.41, 5.74) is 1.64. The number of benzene rings is 1. The second kappa shape index (κ2) is 5.21. The molecule has 0 saturated heterocycles. The maximum atomic E-state index is 11.1. The fourth-order valence-corrected chi connectivity index (χ4v) is 1.43. The van der Waals surface area contributed by atoms with E-state index in [9.17, 15) is 4.79 Å². The van der Waals surface area contributed by atoms with Crippen LogP contribution in [0.1, 0.15) is 5.56 Å². The van der Waals surface area contributed by atoms with Crippen LogP contribution >= 0.6 is 0 Å². The van der Waals surface area contributed by atoms with Gasteiger partial charge in [0.2, 0.25) is 0 Å². The summed E-state index contributed by atoms with van der Waals surface area (Å²) in [5, 5.41) is 3.06. The van der Waals surface area contributed by atoms with Crippen molar-refractivity contribution in [1.82, 2.24) is 5.32 Å². The molecule has 1 aliphatic heterocycles. The molecule has 88 valence electrons. The van der Waals surface area contributed by atoms with E-state index < -0.39 is 0 Å². The van der Waals surface area contributed by atoms with Crippen LogP contribution in [-0.2, 0) is 16.1 Å². The van der Waals surface area contributed by atoms with E-state index in [2.05, 4.69) is 10.1 Å². The summed E-state index contributed by atoms with van der Waals surface area (Å²) in [6.07, 6.45) is 4.66. The van der Waals surface area contributed by atoms with E-state index in [4.69, 9.17) is 4.74 Å². The molecule has 0 amide bonds. The van der Waals surface area contributed by atoms with Crippen molar-refractivity contribution in [3.63, 3.8) is 0 Å². The number of carbonyl (C=O) groups is 1. The predicted molar refractivity (Wildman–Crippen MR) is 63.1 cm³/mol. The van der Waals surface area contributed by atoms with Gasteiger partial charge in [0.25, 0.3) is 0 Å². The molecule has 17 heavy (non-hydrogen) atoms. The van der Waals surface area contributed by atoms with Crippen LogP contribution in [0.5, 0.6) is 5.75 Å². The van der Waals surface area contributed by atoms with Crippen LogP contribution in [0.4, 0.5) is 0 Å². The molecular formula is C13H13NO3. The molecule has 2 rings (SSSR count). The van der Waals surface area contributed by atoms with E-state index in [1.54, 1.807) is 19.4 Å². The highest BCUT2D eigenvalue weighted by atomic mass is 16.5. The number of ether oxygens (including phenoxy) is 2. The van der Waals surface area contributed by atoms with Crippen molar-refractivity contribution in [2.45, 2.75) is 6.54 Å². The van der Waals surface area contributed by atoms with Gasteiger partial charge in [-0.05, 0) is 23.8 Å². The third kappa shape index (κ3) is 2.87. The molecule has 1 aliphatic rings. The summed E-state index contributed by atoms with van der Waals surface area (Å²) in [7, 11) is 1.63. The molecule has 1 N–H and O–H groups in total. The number of hydrogen-bond acceptors (Lipinski definition) is 4. The molecule has 0 unspecified atom stereocenters. The van der Waals surface area contributed by atoms with E-state index in [0.717, 1.165) is 11.3 Å². The summed E-state index contributed by atoms with van der Waals surface area (Å²) in [6.45, 7) is 0.647. The second-order valence-corrected chi connectivity index (χ2v) is 3.54. The third-order valence-electron chi connectivity index (χ3n) is 2.38. The number of nitrogens with one attached hydrogen (secondary N) is 1. The summed E-state index contributed by atoms with van der Waals surface area (Å²) in [5.74, 6) is 0.502. The van der Waals surface area contributed by atoms with Gasteiger partial charge in [0.05, 0.1) is 18.9 Å². The first kappa shape index (κ1) is 11.3. The minimum absolute atomic E-state index is 0.327. The fraction of sp³-hybridized carbons (Fsp3) is 0.154. The van der Waals surface area contributed by atoms with Gasteiger partial charge in [-0.15, -0.1) is 0 Å².